The van der Waals surface area contributed by atoms with Crippen molar-refractivity contribution in [2.45, 2.75) is 19.9 Å². The summed E-state index contributed by atoms with van der Waals surface area (Å²) in [5.41, 5.74) is 2.30. The fraction of sp³-hybridized carbons (Fsp3) is 0.211. The van der Waals surface area contributed by atoms with E-state index in [1.165, 1.54) is 16.9 Å². The van der Waals surface area contributed by atoms with E-state index in [4.69, 9.17) is 0 Å². The number of benzene rings is 1. The van der Waals surface area contributed by atoms with E-state index >= 15 is 0 Å². The summed E-state index contributed by atoms with van der Waals surface area (Å²) < 4.78 is 1.75. The van der Waals surface area contributed by atoms with Gasteiger partial charge in [-0.25, -0.2) is 4.68 Å². The van der Waals surface area contributed by atoms with E-state index in [-0.39, 0.29) is 24.8 Å². The monoisotopic (exact) mass is 368 g/mol. The second-order valence-electron chi connectivity index (χ2n) is 5.89. The Morgan fingerprint density at radius 2 is 2.08 bits per heavy atom. The molecule has 26 heavy (non-hydrogen) atoms. The van der Waals surface area contributed by atoms with Crippen molar-refractivity contribution < 1.29 is 9.59 Å². The van der Waals surface area contributed by atoms with E-state index in [9.17, 15) is 9.59 Å². The number of nitrogens with one attached hydrogen (secondary N) is 2. The van der Waals surface area contributed by atoms with Crippen LogP contribution in [0.15, 0.2) is 54.0 Å². The first-order chi connectivity index (χ1) is 12.6. The normalized spacial score (nSPS) is 10.5. The van der Waals surface area contributed by atoms with Crippen LogP contribution in [0.2, 0.25) is 0 Å². The molecule has 0 radical (unpaired) electrons. The lowest BCUT2D eigenvalue weighted by Gasteiger charge is -2.10. The van der Waals surface area contributed by atoms with Crippen molar-refractivity contribution in [1.82, 2.24) is 15.1 Å². The number of hydrogen-bond acceptors (Lipinski definition) is 4. The van der Waals surface area contributed by atoms with Crippen LogP contribution in [0.25, 0.3) is 0 Å². The average molecular weight is 368 g/mol. The maximum absolute atomic E-state index is 12.1. The molecule has 0 unspecified atom stereocenters. The molecular formula is C19H20N4O2S. The third-order valence-corrected chi connectivity index (χ3v) is 4.65. The van der Waals surface area contributed by atoms with Crippen LogP contribution in [-0.4, -0.2) is 28.1 Å². The van der Waals surface area contributed by atoms with Crippen LogP contribution in [0.5, 0.6) is 0 Å². The molecule has 3 aromatic rings. The van der Waals surface area contributed by atoms with Gasteiger partial charge < -0.3 is 10.6 Å². The Bertz CT molecular complexity index is 887. The molecule has 0 atom stereocenters. The second-order valence-corrected chi connectivity index (χ2v) is 6.84. The molecule has 0 bridgehead atoms. The standard InChI is InChI=1S/C19H20N4O2S/c1-14-4-2-5-15(12-14)13-23-17(7-10-21-23)22-18(24)8-9-20-19(25)16-6-3-11-26-16/h2-7,10-12H,8-9,13H2,1H3,(H,20,25)(H,22,24). The number of hydrogen-bond donors (Lipinski definition) is 2. The highest BCUT2D eigenvalue weighted by molar-refractivity contribution is 7.12. The lowest BCUT2D eigenvalue weighted by Crippen LogP contribution is -2.27. The van der Waals surface area contributed by atoms with Gasteiger partial charge in [-0.2, -0.15) is 5.10 Å². The minimum absolute atomic E-state index is 0.155. The Hall–Kier alpha value is -2.93. The van der Waals surface area contributed by atoms with Crippen molar-refractivity contribution in [3.8, 4) is 0 Å². The summed E-state index contributed by atoms with van der Waals surface area (Å²) in [6.07, 6.45) is 1.86. The van der Waals surface area contributed by atoms with Gasteiger partial charge in [0.05, 0.1) is 17.6 Å². The number of carbonyl (C=O) groups excluding carboxylic acids is 2. The molecule has 3 rings (SSSR count). The molecule has 0 fully saturated rings. The molecule has 6 nitrogen and oxygen atoms in total. The van der Waals surface area contributed by atoms with Crippen molar-refractivity contribution >= 4 is 29.0 Å². The zero-order chi connectivity index (χ0) is 18.4. The van der Waals surface area contributed by atoms with Crippen LogP contribution in [0.4, 0.5) is 5.82 Å². The van der Waals surface area contributed by atoms with Crippen molar-refractivity contribution in [2.75, 3.05) is 11.9 Å². The number of aromatic nitrogens is 2. The highest BCUT2D eigenvalue weighted by atomic mass is 32.1. The van der Waals surface area contributed by atoms with E-state index in [0.29, 0.717) is 17.2 Å². The van der Waals surface area contributed by atoms with Gasteiger partial charge in [0.15, 0.2) is 0 Å². The molecule has 0 aliphatic carbocycles. The SMILES string of the molecule is Cc1cccc(Cn2nccc2NC(=O)CCNC(=O)c2cccs2)c1. The number of thiophene rings is 1. The molecule has 0 aliphatic rings. The first-order valence-corrected chi connectivity index (χ1v) is 9.19. The van der Waals surface area contributed by atoms with Crippen LogP contribution in [0.1, 0.15) is 27.2 Å². The number of nitrogens with zero attached hydrogens (tertiary/aromatic N) is 2. The van der Waals surface area contributed by atoms with Gasteiger partial charge >= 0.3 is 0 Å². The lowest BCUT2D eigenvalue weighted by molar-refractivity contribution is -0.116. The summed E-state index contributed by atoms with van der Waals surface area (Å²) in [5, 5.41) is 11.7. The molecule has 0 saturated carbocycles. The molecule has 2 N–H and O–H groups in total. The fourth-order valence-electron chi connectivity index (χ4n) is 2.54. The number of anilines is 1. The zero-order valence-electron chi connectivity index (χ0n) is 14.4. The van der Waals surface area contributed by atoms with Crippen molar-refractivity contribution in [3.63, 3.8) is 0 Å². The minimum Gasteiger partial charge on any atom is -0.351 e. The van der Waals surface area contributed by atoms with E-state index in [1.54, 1.807) is 23.0 Å². The molecular weight excluding hydrogens is 348 g/mol. The highest BCUT2D eigenvalue weighted by Crippen LogP contribution is 2.12. The summed E-state index contributed by atoms with van der Waals surface area (Å²) in [6.45, 7) is 2.91. The van der Waals surface area contributed by atoms with Crippen LogP contribution in [0.3, 0.4) is 0 Å². The molecule has 7 heteroatoms. The van der Waals surface area contributed by atoms with Gasteiger partial charge in [0.1, 0.15) is 5.82 Å². The van der Waals surface area contributed by atoms with E-state index in [1.807, 2.05) is 36.6 Å². The molecule has 134 valence electrons. The summed E-state index contributed by atoms with van der Waals surface area (Å²) >= 11 is 1.37. The van der Waals surface area contributed by atoms with Gasteiger partial charge in [-0.3, -0.25) is 9.59 Å². The Kier molecular flexibility index (Phi) is 5.80. The Morgan fingerprint density at radius 1 is 1.19 bits per heavy atom. The van der Waals surface area contributed by atoms with E-state index in [0.717, 1.165) is 5.56 Å². The molecule has 1 aromatic carbocycles. The zero-order valence-corrected chi connectivity index (χ0v) is 15.3. The third-order valence-electron chi connectivity index (χ3n) is 3.78. The van der Waals surface area contributed by atoms with Crippen LogP contribution < -0.4 is 10.6 Å². The predicted molar refractivity (Wildman–Crippen MR) is 102 cm³/mol. The highest BCUT2D eigenvalue weighted by Gasteiger charge is 2.10. The van der Waals surface area contributed by atoms with Gasteiger partial charge in [0, 0.05) is 19.0 Å². The van der Waals surface area contributed by atoms with Crippen molar-refractivity contribution in [1.29, 1.82) is 0 Å². The largest absolute Gasteiger partial charge is 0.351 e. The van der Waals surface area contributed by atoms with Crippen LogP contribution in [0, 0.1) is 6.92 Å². The summed E-state index contributed by atoms with van der Waals surface area (Å²) in [7, 11) is 0. The molecule has 0 aliphatic heterocycles. The average Bonchev–Trinajstić information content (AvgIpc) is 3.27. The van der Waals surface area contributed by atoms with Crippen LogP contribution in [-0.2, 0) is 11.3 Å². The van der Waals surface area contributed by atoms with Crippen LogP contribution >= 0.6 is 11.3 Å². The Morgan fingerprint density at radius 3 is 2.85 bits per heavy atom. The smallest absolute Gasteiger partial charge is 0.261 e. The van der Waals surface area contributed by atoms with Crippen molar-refractivity contribution in [2.24, 2.45) is 0 Å². The molecule has 2 aromatic heterocycles. The van der Waals surface area contributed by atoms with Crippen molar-refractivity contribution in [3.05, 3.63) is 70.0 Å². The van der Waals surface area contributed by atoms with Gasteiger partial charge in [0.2, 0.25) is 5.91 Å². The number of rotatable bonds is 7. The fourth-order valence-corrected chi connectivity index (χ4v) is 3.18. The maximum Gasteiger partial charge on any atom is 0.261 e. The maximum atomic E-state index is 12.1. The first-order valence-electron chi connectivity index (χ1n) is 8.31. The van der Waals surface area contributed by atoms with Gasteiger partial charge in [-0.05, 0) is 23.9 Å². The molecule has 0 saturated heterocycles. The lowest BCUT2D eigenvalue weighted by atomic mass is 10.1. The summed E-state index contributed by atoms with van der Waals surface area (Å²) in [4.78, 5) is 24.6. The summed E-state index contributed by atoms with van der Waals surface area (Å²) in [5.74, 6) is 0.320. The summed E-state index contributed by atoms with van der Waals surface area (Å²) in [6, 6.07) is 13.5. The van der Waals surface area contributed by atoms with E-state index < -0.39 is 0 Å². The number of amides is 2. The quantitative estimate of drug-likeness (QED) is 0.673. The van der Waals surface area contributed by atoms with Gasteiger partial charge in [-0.1, -0.05) is 35.9 Å². The predicted octanol–water partition coefficient (Wildman–Crippen LogP) is 3.06. The Balaban J connectivity index is 1.50. The second kappa shape index (κ2) is 8.44. The van der Waals surface area contributed by atoms with E-state index in [2.05, 4.69) is 21.8 Å². The number of aryl methyl sites for hydroxylation is 1. The Labute approximate surface area is 155 Å². The minimum atomic E-state index is -0.164. The molecule has 0 spiro atoms. The first kappa shape index (κ1) is 17.9. The number of carbonyl (C=O) groups is 2. The molecule has 2 heterocycles. The van der Waals surface area contributed by atoms with Gasteiger partial charge in [-0.15, -0.1) is 11.3 Å². The molecule has 2 amide bonds. The third kappa shape index (κ3) is 4.80. The van der Waals surface area contributed by atoms with Gasteiger partial charge in [0.25, 0.3) is 5.91 Å². The topological polar surface area (TPSA) is 76.0 Å².